The lowest BCUT2D eigenvalue weighted by molar-refractivity contribution is -0.137. The minimum atomic E-state index is -0.999. The molecule has 4 N–H and O–H groups in total. The Bertz CT molecular complexity index is 392. The standard InChI is InChI=1S/C9H11N3O3/c1-5(9(14)15)11-7-4-2-3-6(12-7)8(10)13/h2-5H,1H3,(H2,10,13)(H,11,12)(H,14,15). The number of nitrogens with zero attached hydrogens (tertiary/aromatic N) is 1. The predicted octanol–water partition coefficient (Wildman–Crippen LogP) is 0.0655. The van der Waals surface area contributed by atoms with Crippen LogP contribution >= 0.6 is 0 Å². The van der Waals surface area contributed by atoms with Crippen LogP contribution in [0.4, 0.5) is 5.82 Å². The van der Waals surface area contributed by atoms with Gasteiger partial charge in [-0.1, -0.05) is 6.07 Å². The molecule has 0 saturated carbocycles. The van der Waals surface area contributed by atoms with Crippen molar-refractivity contribution in [3.63, 3.8) is 0 Å². The molecule has 0 aliphatic carbocycles. The van der Waals surface area contributed by atoms with Gasteiger partial charge in [0.15, 0.2) is 0 Å². The molecular formula is C9H11N3O3. The molecule has 0 aliphatic rings. The van der Waals surface area contributed by atoms with Crippen molar-refractivity contribution < 1.29 is 14.7 Å². The first-order valence-electron chi connectivity index (χ1n) is 4.27. The molecule has 1 aromatic rings. The van der Waals surface area contributed by atoms with E-state index in [0.717, 1.165) is 0 Å². The Kier molecular flexibility index (Phi) is 3.22. The van der Waals surface area contributed by atoms with E-state index in [9.17, 15) is 9.59 Å². The zero-order chi connectivity index (χ0) is 11.4. The fraction of sp³-hybridized carbons (Fsp3) is 0.222. The maximum atomic E-state index is 10.8. The average Bonchev–Trinajstić information content (AvgIpc) is 2.18. The molecule has 1 unspecified atom stereocenters. The smallest absolute Gasteiger partial charge is 0.325 e. The Balaban J connectivity index is 2.82. The van der Waals surface area contributed by atoms with Gasteiger partial charge in [-0.15, -0.1) is 0 Å². The summed E-state index contributed by atoms with van der Waals surface area (Å²) in [5.74, 6) is -1.34. The van der Waals surface area contributed by atoms with Crippen LogP contribution in [-0.2, 0) is 4.79 Å². The summed E-state index contributed by atoms with van der Waals surface area (Å²) in [5.41, 5.74) is 5.12. The van der Waals surface area contributed by atoms with E-state index in [-0.39, 0.29) is 5.69 Å². The third kappa shape index (κ3) is 2.94. The van der Waals surface area contributed by atoms with Gasteiger partial charge in [0.25, 0.3) is 5.91 Å². The van der Waals surface area contributed by atoms with Gasteiger partial charge in [-0.2, -0.15) is 0 Å². The third-order valence-corrected chi connectivity index (χ3v) is 1.74. The molecule has 0 aliphatic heterocycles. The largest absolute Gasteiger partial charge is 0.480 e. The minimum absolute atomic E-state index is 0.0950. The Morgan fingerprint density at radius 3 is 2.73 bits per heavy atom. The van der Waals surface area contributed by atoms with E-state index in [0.29, 0.717) is 5.82 Å². The van der Waals surface area contributed by atoms with Crippen LogP contribution in [0.1, 0.15) is 17.4 Å². The zero-order valence-corrected chi connectivity index (χ0v) is 8.10. The van der Waals surface area contributed by atoms with Crippen molar-refractivity contribution >= 4 is 17.7 Å². The first kappa shape index (κ1) is 11.0. The number of pyridine rings is 1. The molecule has 0 saturated heterocycles. The molecular weight excluding hydrogens is 198 g/mol. The van der Waals surface area contributed by atoms with Gasteiger partial charge in [-0.25, -0.2) is 4.98 Å². The highest BCUT2D eigenvalue weighted by Gasteiger charge is 2.11. The highest BCUT2D eigenvalue weighted by molar-refractivity contribution is 5.91. The molecule has 1 atom stereocenters. The molecule has 1 amide bonds. The number of carbonyl (C=O) groups is 2. The van der Waals surface area contributed by atoms with Crippen LogP contribution in [0, 0.1) is 0 Å². The monoisotopic (exact) mass is 209 g/mol. The van der Waals surface area contributed by atoms with E-state index in [1.54, 1.807) is 12.1 Å². The number of aliphatic carboxylic acids is 1. The minimum Gasteiger partial charge on any atom is -0.480 e. The normalized spacial score (nSPS) is 11.8. The Morgan fingerprint density at radius 1 is 1.53 bits per heavy atom. The first-order valence-corrected chi connectivity index (χ1v) is 4.27. The van der Waals surface area contributed by atoms with E-state index < -0.39 is 17.9 Å². The second-order valence-corrected chi connectivity index (χ2v) is 2.98. The van der Waals surface area contributed by atoms with Crippen LogP contribution in [0.2, 0.25) is 0 Å². The molecule has 0 spiro atoms. The number of nitrogens with one attached hydrogen (secondary N) is 1. The topological polar surface area (TPSA) is 105 Å². The first-order chi connectivity index (χ1) is 7.00. The number of primary amides is 1. The van der Waals surface area contributed by atoms with Gasteiger partial charge in [0.2, 0.25) is 0 Å². The van der Waals surface area contributed by atoms with Crippen LogP contribution in [0.3, 0.4) is 0 Å². The van der Waals surface area contributed by atoms with Crippen LogP contribution in [0.15, 0.2) is 18.2 Å². The Morgan fingerprint density at radius 2 is 2.20 bits per heavy atom. The number of amides is 1. The van der Waals surface area contributed by atoms with Crippen LogP contribution in [0.25, 0.3) is 0 Å². The molecule has 0 aromatic carbocycles. The van der Waals surface area contributed by atoms with Crippen molar-refractivity contribution in [2.45, 2.75) is 13.0 Å². The number of carboxylic acid groups (broad SMARTS) is 1. The van der Waals surface area contributed by atoms with Gasteiger partial charge in [0.1, 0.15) is 17.6 Å². The van der Waals surface area contributed by atoms with Gasteiger partial charge < -0.3 is 16.2 Å². The fourth-order valence-electron chi connectivity index (χ4n) is 0.936. The molecule has 1 rings (SSSR count). The highest BCUT2D eigenvalue weighted by Crippen LogP contribution is 2.06. The SMILES string of the molecule is CC(Nc1cccc(C(N)=O)n1)C(=O)O. The molecule has 6 heteroatoms. The Labute approximate surface area is 86.1 Å². The average molecular weight is 209 g/mol. The number of carbonyl (C=O) groups excluding carboxylic acids is 1. The number of carboxylic acids is 1. The molecule has 15 heavy (non-hydrogen) atoms. The summed E-state index contributed by atoms with van der Waals surface area (Å²) in [4.78, 5) is 25.2. The number of aromatic nitrogens is 1. The molecule has 0 bridgehead atoms. The maximum absolute atomic E-state index is 10.8. The van der Waals surface area contributed by atoms with Crippen LogP contribution in [0.5, 0.6) is 0 Å². The van der Waals surface area contributed by atoms with Crippen LogP contribution < -0.4 is 11.1 Å². The predicted molar refractivity (Wildman–Crippen MR) is 53.5 cm³/mol. The van der Waals surface area contributed by atoms with E-state index in [1.165, 1.54) is 13.0 Å². The van der Waals surface area contributed by atoms with Gasteiger partial charge >= 0.3 is 5.97 Å². The summed E-state index contributed by atoms with van der Waals surface area (Å²) < 4.78 is 0. The van der Waals surface area contributed by atoms with Crippen molar-refractivity contribution in [2.24, 2.45) is 5.73 Å². The summed E-state index contributed by atoms with van der Waals surface area (Å²) in [5, 5.41) is 11.3. The number of nitrogens with two attached hydrogens (primary N) is 1. The second-order valence-electron chi connectivity index (χ2n) is 2.98. The van der Waals surface area contributed by atoms with Gasteiger partial charge in [-0.05, 0) is 19.1 Å². The highest BCUT2D eigenvalue weighted by atomic mass is 16.4. The second kappa shape index (κ2) is 4.41. The van der Waals surface area contributed by atoms with Crippen molar-refractivity contribution in [1.82, 2.24) is 4.98 Å². The van der Waals surface area contributed by atoms with Gasteiger partial charge in [0.05, 0.1) is 0 Å². The van der Waals surface area contributed by atoms with E-state index in [2.05, 4.69) is 10.3 Å². The summed E-state index contributed by atoms with van der Waals surface area (Å²) in [6, 6.07) is 3.81. The van der Waals surface area contributed by atoms with Crippen LogP contribution in [-0.4, -0.2) is 28.0 Å². The van der Waals surface area contributed by atoms with Crippen molar-refractivity contribution in [1.29, 1.82) is 0 Å². The van der Waals surface area contributed by atoms with E-state index in [1.807, 2.05) is 0 Å². The molecule has 1 heterocycles. The van der Waals surface area contributed by atoms with E-state index in [4.69, 9.17) is 10.8 Å². The Hall–Kier alpha value is -2.11. The lowest BCUT2D eigenvalue weighted by Crippen LogP contribution is -2.26. The number of anilines is 1. The maximum Gasteiger partial charge on any atom is 0.325 e. The summed E-state index contributed by atoms with van der Waals surface area (Å²) in [7, 11) is 0. The summed E-state index contributed by atoms with van der Waals surface area (Å²) in [6.45, 7) is 1.47. The van der Waals surface area contributed by atoms with Crippen molar-refractivity contribution in [2.75, 3.05) is 5.32 Å². The van der Waals surface area contributed by atoms with Gasteiger partial charge in [0, 0.05) is 0 Å². The summed E-state index contributed by atoms with van der Waals surface area (Å²) in [6.07, 6.45) is 0. The number of hydrogen-bond donors (Lipinski definition) is 3. The lowest BCUT2D eigenvalue weighted by atomic mass is 10.3. The van der Waals surface area contributed by atoms with Crippen molar-refractivity contribution in [3.05, 3.63) is 23.9 Å². The molecule has 0 radical (unpaired) electrons. The molecule has 0 fully saturated rings. The zero-order valence-electron chi connectivity index (χ0n) is 8.10. The number of hydrogen-bond acceptors (Lipinski definition) is 4. The summed E-state index contributed by atoms with van der Waals surface area (Å²) >= 11 is 0. The third-order valence-electron chi connectivity index (χ3n) is 1.74. The molecule has 1 aromatic heterocycles. The fourth-order valence-corrected chi connectivity index (χ4v) is 0.936. The quantitative estimate of drug-likeness (QED) is 0.650. The number of rotatable bonds is 4. The van der Waals surface area contributed by atoms with Gasteiger partial charge in [-0.3, -0.25) is 9.59 Å². The van der Waals surface area contributed by atoms with Crippen molar-refractivity contribution in [3.8, 4) is 0 Å². The van der Waals surface area contributed by atoms with E-state index >= 15 is 0 Å². The molecule has 80 valence electrons. The lowest BCUT2D eigenvalue weighted by Gasteiger charge is -2.09. The molecule has 6 nitrogen and oxygen atoms in total.